The first kappa shape index (κ1) is 14.3. The second kappa shape index (κ2) is 6.76. The highest BCUT2D eigenvalue weighted by Crippen LogP contribution is 2.28. The van der Waals surface area contributed by atoms with Crippen LogP contribution in [-0.2, 0) is 0 Å². The summed E-state index contributed by atoms with van der Waals surface area (Å²) in [4.78, 5) is 0. The Kier molecular flexibility index (Phi) is 6.93. The molecule has 0 aromatic heterocycles. The van der Waals surface area contributed by atoms with Crippen molar-refractivity contribution in [2.75, 3.05) is 11.5 Å². The lowest BCUT2D eigenvalue weighted by Crippen LogP contribution is -2.19. The summed E-state index contributed by atoms with van der Waals surface area (Å²) in [7, 11) is 0. The minimum Gasteiger partial charge on any atom is -0.162 e. The van der Waals surface area contributed by atoms with Crippen LogP contribution in [0.3, 0.4) is 0 Å². The van der Waals surface area contributed by atoms with Crippen LogP contribution in [0.1, 0.15) is 54.4 Å². The van der Waals surface area contributed by atoms with E-state index in [0.29, 0.717) is 5.41 Å². The SMILES string of the molecule is CC(C)CCCSCC(C)C(C)(C)C. The van der Waals surface area contributed by atoms with E-state index in [-0.39, 0.29) is 0 Å². The van der Waals surface area contributed by atoms with Crippen molar-refractivity contribution in [3.63, 3.8) is 0 Å². The normalized spacial score (nSPS) is 14.8. The monoisotopic (exact) mass is 216 g/mol. The number of thioether (sulfide) groups is 1. The molecule has 0 aliphatic rings. The van der Waals surface area contributed by atoms with Crippen molar-refractivity contribution in [2.24, 2.45) is 17.3 Å². The number of rotatable bonds is 6. The van der Waals surface area contributed by atoms with Crippen LogP contribution in [0, 0.1) is 17.3 Å². The van der Waals surface area contributed by atoms with Crippen LogP contribution in [0.4, 0.5) is 0 Å². The Morgan fingerprint density at radius 1 is 1.07 bits per heavy atom. The predicted molar refractivity (Wildman–Crippen MR) is 70.0 cm³/mol. The fraction of sp³-hybridized carbons (Fsp3) is 1.00. The van der Waals surface area contributed by atoms with Gasteiger partial charge in [-0.1, -0.05) is 48.0 Å². The molecule has 0 spiro atoms. The van der Waals surface area contributed by atoms with Gasteiger partial charge in [0.25, 0.3) is 0 Å². The van der Waals surface area contributed by atoms with Gasteiger partial charge in [0.1, 0.15) is 0 Å². The van der Waals surface area contributed by atoms with Crippen molar-refractivity contribution < 1.29 is 0 Å². The van der Waals surface area contributed by atoms with Gasteiger partial charge in [-0.05, 0) is 35.2 Å². The van der Waals surface area contributed by atoms with Crippen molar-refractivity contribution in [3.05, 3.63) is 0 Å². The lowest BCUT2D eigenvalue weighted by Gasteiger charge is -2.26. The van der Waals surface area contributed by atoms with Crippen LogP contribution >= 0.6 is 11.8 Å². The second-order valence-corrected chi connectivity index (χ2v) is 7.03. The van der Waals surface area contributed by atoms with E-state index >= 15 is 0 Å². The maximum atomic E-state index is 2.37. The first-order chi connectivity index (χ1) is 6.34. The molecule has 0 aromatic carbocycles. The lowest BCUT2D eigenvalue weighted by atomic mass is 9.83. The molecule has 0 aromatic rings. The van der Waals surface area contributed by atoms with E-state index in [2.05, 4.69) is 53.3 Å². The molecule has 0 amide bonds. The molecule has 0 aliphatic heterocycles. The van der Waals surface area contributed by atoms with E-state index in [4.69, 9.17) is 0 Å². The Morgan fingerprint density at radius 2 is 1.64 bits per heavy atom. The molecule has 1 atom stereocenters. The van der Waals surface area contributed by atoms with E-state index < -0.39 is 0 Å². The smallest absolute Gasteiger partial charge is 0.00368 e. The summed E-state index contributed by atoms with van der Waals surface area (Å²) in [6.07, 6.45) is 2.77. The molecule has 0 radical (unpaired) electrons. The molecule has 0 aliphatic carbocycles. The third-order valence-corrected chi connectivity index (χ3v) is 4.23. The molecule has 0 bridgehead atoms. The van der Waals surface area contributed by atoms with Crippen LogP contribution in [0.2, 0.25) is 0 Å². The Balaban J connectivity index is 3.37. The summed E-state index contributed by atoms with van der Waals surface area (Å²) in [5.74, 6) is 4.36. The summed E-state index contributed by atoms with van der Waals surface area (Å²) in [6.45, 7) is 14.0. The van der Waals surface area contributed by atoms with Gasteiger partial charge >= 0.3 is 0 Å². The van der Waals surface area contributed by atoms with E-state index in [9.17, 15) is 0 Å². The van der Waals surface area contributed by atoms with Gasteiger partial charge in [0, 0.05) is 0 Å². The number of hydrogen-bond donors (Lipinski definition) is 0. The molecule has 0 nitrogen and oxygen atoms in total. The summed E-state index contributed by atoms with van der Waals surface area (Å²) in [6, 6.07) is 0. The van der Waals surface area contributed by atoms with Crippen LogP contribution in [0.15, 0.2) is 0 Å². The molecule has 0 heterocycles. The predicted octanol–water partition coefficient (Wildman–Crippen LogP) is 4.84. The van der Waals surface area contributed by atoms with Gasteiger partial charge < -0.3 is 0 Å². The molecule has 1 unspecified atom stereocenters. The average Bonchev–Trinajstić information content (AvgIpc) is 2.01. The highest BCUT2D eigenvalue weighted by atomic mass is 32.2. The quantitative estimate of drug-likeness (QED) is 0.573. The lowest BCUT2D eigenvalue weighted by molar-refractivity contribution is 0.289. The van der Waals surface area contributed by atoms with Gasteiger partial charge in [-0.15, -0.1) is 0 Å². The van der Waals surface area contributed by atoms with E-state index in [1.165, 1.54) is 24.3 Å². The molecule has 0 fully saturated rings. The Labute approximate surface area is 95.2 Å². The molecule has 0 N–H and O–H groups in total. The van der Waals surface area contributed by atoms with Gasteiger partial charge in [0.05, 0.1) is 0 Å². The van der Waals surface area contributed by atoms with Crippen molar-refractivity contribution in [2.45, 2.75) is 54.4 Å². The third-order valence-electron chi connectivity index (χ3n) is 2.92. The van der Waals surface area contributed by atoms with Crippen LogP contribution in [0.25, 0.3) is 0 Å². The summed E-state index contributed by atoms with van der Waals surface area (Å²) >= 11 is 2.13. The van der Waals surface area contributed by atoms with Crippen molar-refractivity contribution >= 4 is 11.8 Å². The molecule has 86 valence electrons. The van der Waals surface area contributed by atoms with Crippen LogP contribution < -0.4 is 0 Å². The molecule has 1 heteroatoms. The Bertz CT molecular complexity index is 133. The molecule has 0 saturated heterocycles. The highest BCUT2D eigenvalue weighted by Gasteiger charge is 2.19. The maximum Gasteiger partial charge on any atom is -0.00368 e. The molecule has 0 saturated carbocycles. The van der Waals surface area contributed by atoms with E-state index in [1.54, 1.807) is 0 Å². The molecular formula is C13H28S. The van der Waals surface area contributed by atoms with Gasteiger partial charge in [-0.25, -0.2) is 0 Å². The van der Waals surface area contributed by atoms with Gasteiger partial charge in [0.2, 0.25) is 0 Å². The molecule has 14 heavy (non-hydrogen) atoms. The largest absolute Gasteiger partial charge is 0.162 e. The zero-order chi connectivity index (χ0) is 11.2. The van der Waals surface area contributed by atoms with E-state index in [0.717, 1.165) is 11.8 Å². The highest BCUT2D eigenvalue weighted by molar-refractivity contribution is 7.99. The van der Waals surface area contributed by atoms with Crippen LogP contribution in [-0.4, -0.2) is 11.5 Å². The standard InChI is InChI=1S/C13H28S/c1-11(2)8-7-9-14-10-12(3)13(4,5)6/h11-12H,7-10H2,1-6H3. The minimum atomic E-state index is 0.477. The van der Waals surface area contributed by atoms with Gasteiger partial charge in [-0.2, -0.15) is 11.8 Å². The minimum absolute atomic E-state index is 0.477. The van der Waals surface area contributed by atoms with E-state index in [1.807, 2.05) is 0 Å². The molecular weight excluding hydrogens is 188 g/mol. The fourth-order valence-corrected chi connectivity index (χ4v) is 2.49. The first-order valence-corrected chi connectivity index (χ1v) is 7.07. The van der Waals surface area contributed by atoms with Gasteiger partial charge in [0.15, 0.2) is 0 Å². The third kappa shape index (κ3) is 7.73. The number of hydrogen-bond acceptors (Lipinski definition) is 1. The van der Waals surface area contributed by atoms with Crippen molar-refractivity contribution in [1.82, 2.24) is 0 Å². The molecule has 0 rings (SSSR count). The van der Waals surface area contributed by atoms with Crippen molar-refractivity contribution in [3.8, 4) is 0 Å². The topological polar surface area (TPSA) is 0 Å². The Morgan fingerprint density at radius 3 is 2.07 bits per heavy atom. The summed E-state index contributed by atoms with van der Waals surface area (Å²) < 4.78 is 0. The average molecular weight is 216 g/mol. The fourth-order valence-electron chi connectivity index (χ4n) is 1.10. The maximum absolute atomic E-state index is 2.37. The van der Waals surface area contributed by atoms with Crippen LogP contribution in [0.5, 0.6) is 0 Å². The zero-order valence-electron chi connectivity index (χ0n) is 10.9. The zero-order valence-corrected chi connectivity index (χ0v) is 11.7. The van der Waals surface area contributed by atoms with Gasteiger partial charge in [-0.3, -0.25) is 0 Å². The second-order valence-electron chi connectivity index (χ2n) is 5.88. The summed E-state index contributed by atoms with van der Waals surface area (Å²) in [5.41, 5.74) is 0.477. The summed E-state index contributed by atoms with van der Waals surface area (Å²) in [5, 5.41) is 0. The van der Waals surface area contributed by atoms with Crippen molar-refractivity contribution in [1.29, 1.82) is 0 Å². The first-order valence-electron chi connectivity index (χ1n) is 5.91. The Hall–Kier alpha value is 0.350.